The topological polar surface area (TPSA) is 106 Å². The van der Waals surface area contributed by atoms with Crippen molar-refractivity contribution in [1.29, 1.82) is 0 Å². The second-order valence-corrected chi connectivity index (χ2v) is 5.36. The summed E-state index contributed by atoms with van der Waals surface area (Å²) < 4.78 is 6.49. The highest BCUT2D eigenvalue weighted by Crippen LogP contribution is 2.10. The molecule has 0 unspecified atom stereocenters. The molecule has 8 nitrogen and oxygen atoms in total. The number of alkyl carbamates (subject to hydrolysis) is 1. The van der Waals surface area contributed by atoms with Crippen LogP contribution in [0.1, 0.15) is 5.56 Å². The zero-order valence-electron chi connectivity index (χ0n) is 13.2. The maximum absolute atomic E-state index is 11.9. The molecule has 128 valence electrons. The van der Waals surface area contributed by atoms with Gasteiger partial charge in [0.25, 0.3) is 0 Å². The van der Waals surface area contributed by atoms with Gasteiger partial charge in [0, 0.05) is 0 Å². The number of aromatic nitrogens is 3. The molecule has 3 aromatic rings. The second-order valence-electron chi connectivity index (χ2n) is 5.36. The predicted octanol–water partition coefficient (Wildman–Crippen LogP) is 1.81. The lowest BCUT2D eigenvalue weighted by molar-refractivity contribution is -0.139. The third-order valence-corrected chi connectivity index (χ3v) is 3.58. The van der Waals surface area contributed by atoms with E-state index >= 15 is 0 Å². The Morgan fingerprint density at radius 2 is 1.84 bits per heavy atom. The molecule has 2 N–H and O–H groups in total. The summed E-state index contributed by atoms with van der Waals surface area (Å²) in [5.41, 5.74) is 2.15. The van der Waals surface area contributed by atoms with Crippen LogP contribution < -0.4 is 5.32 Å². The Balaban J connectivity index is 1.63. The minimum atomic E-state index is -1.19. The zero-order chi connectivity index (χ0) is 17.6. The van der Waals surface area contributed by atoms with Crippen LogP contribution in [-0.4, -0.2) is 38.2 Å². The number of carboxylic acids is 1. The third-order valence-electron chi connectivity index (χ3n) is 3.58. The van der Waals surface area contributed by atoms with Crippen LogP contribution in [0.15, 0.2) is 54.6 Å². The summed E-state index contributed by atoms with van der Waals surface area (Å²) in [6.07, 6.45) is -0.805. The Labute approximate surface area is 143 Å². The van der Waals surface area contributed by atoms with E-state index in [-0.39, 0.29) is 13.2 Å². The smallest absolute Gasteiger partial charge is 0.408 e. The van der Waals surface area contributed by atoms with E-state index in [9.17, 15) is 14.7 Å². The highest BCUT2D eigenvalue weighted by atomic mass is 16.5. The van der Waals surface area contributed by atoms with E-state index in [1.54, 1.807) is 18.2 Å². The molecule has 8 heteroatoms. The number of nitrogens with one attached hydrogen (secondary N) is 1. The van der Waals surface area contributed by atoms with Crippen molar-refractivity contribution in [1.82, 2.24) is 20.3 Å². The van der Waals surface area contributed by atoms with E-state index in [0.717, 1.165) is 5.56 Å². The number of hydrogen-bond acceptors (Lipinski definition) is 5. The van der Waals surface area contributed by atoms with Crippen LogP contribution in [0, 0.1) is 0 Å². The van der Waals surface area contributed by atoms with Gasteiger partial charge in [-0.1, -0.05) is 47.7 Å². The van der Waals surface area contributed by atoms with Crippen LogP contribution in [0.2, 0.25) is 0 Å². The molecular weight excluding hydrogens is 324 g/mol. The molecule has 0 aliphatic heterocycles. The van der Waals surface area contributed by atoms with E-state index in [1.165, 1.54) is 4.68 Å². The van der Waals surface area contributed by atoms with Gasteiger partial charge in [-0.05, 0) is 17.7 Å². The second kappa shape index (κ2) is 7.43. The number of hydrogen-bond donors (Lipinski definition) is 2. The summed E-state index contributed by atoms with van der Waals surface area (Å²) in [7, 11) is 0. The number of carbonyl (C=O) groups excluding carboxylic acids is 1. The average molecular weight is 340 g/mol. The molecule has 0 saturated heterocycles. The number of nitrogens with zero attached hydrogens (tertiary/aromatic N) is 3. The van der Waals surface area contributed by atoms with Gasteiger partial charge in [0.05, 0.1) is 12.1 Å². The molecule has 25 heavy (non-hydrogen) atoms. The monoisotopic (exact) mass is 340 g/mol. The Morgan fingerprint density at radius 1 is 1.12 bits per heavy atom. The van der Waals surface area contributed by atoms with Crippen molar-refractivity contribution in [3.63, 3.8) is 0 Å². The number of fused-ring (bicyclic) bond motifs is 1. The number of benzene rings is 2. The summed E-state index contributed by atoms with van der Waals surface area (Å²) in [6, 6.07) is 15.1. The third kappa shape index (κ3) is 4.11. The van der Waals surface area contributed by atoms with Gasteiger partial charge in [0.1, 0.15) is 18.2 Å². The number of ether oxygens (including phenoxy) is 1. The van der Waals surface area contributed by atoms with Crippen molar-refractivity contribution >= 4 is 23.1 Å². The summed E-state index contributed by atoms with van der Waals surface area (Å²) in [5, 5.41) is 19.6. The van der Waals surface area contributed by atoms with E-state index in [2.05, 4.69) is 15.6 Å². The number of carboxylic acid groups (broad SMARTS) is 1. The molecular formula is C17H16N4O4. The number of carbonyl (C=O) groups is 2. The number of rotatable bonds is 6. The minimum absolute atomic E-state index is 0.0592. The molecule has 0 bridgehead atoms. The molecule has 1 atom stereocenters. The summed E-state index contributed by atoms with van der Waals surface area (Å²) in [6.45, 7) is 0.00154. The highest BCUT2D eigenvalue weighted by Gasteiger charge is 2.22. The van der Waals surface area contributed by atoms with Crippen molar-refractivity contribution in [3.05, 3.63) is 60.2 Å². The Bertz CT molecular complexity index is 878. The Kier molecular flexibility index (Phi) is 4.89. The summed E-state index contributed by atoms with van der Waals surface area (Å²) in [5.74, 6) is -1.18. The molecule has 0 radical (unpaired) electrons. The summed E-state index contributed by atoms with van der Waals surface area (Å²) >= 11 is 0. The number of para-hydroxylation sites is 1. The molecule has 0 saturated carbocycles. The quantitative estimate of drug-likeness (QED) is 0.709. The van der Waals surface area contributed by atoms with Crippen LogP contribution in [0.25, 0.3) is 11.0 Å². The van der Waals surface area contributed by atoms with Crippen molar-refractivity contribution in [2.24, 2.45) is 0 Å². The molecule has 1 aromatic heterocycles. The van der Waals surface area contributed by atoms with Crippen molar-refractivity contribution < 1.29 is 19.4 Å². The van der Waals surface area contributed by atoms with Crippen LogP contribution in [0.3, 0.4) is 0 Å². The minimum Gasteiger partial charge on any atom is -0.480 e. The fraction of sp³-hybridized carbons (Fsp3) is 0.176. The molecule has 0 aliphatic carbocycles. The molecule has 0 aliphatic rings. The zero-order valence-corrected chi connectivity index (χ0v) is 13.2. The lowest BCUT2D eigenvalue weighted by Gasteiger charge is -2.14. The lowest BCUT2D eigenvalue weighted by atomic mass is 10.2. The maximum atomic E-state index is 11.9. The molecule has 0 fully saturated rings. The van der Waals surface area contributed by atoms with E-state index < -0.39 is 18.1 Å². The van der Waals surface area contributed by atoms with Gasteiger partial charge in [0.2, 0.25) is 0 Å². The number of aliphatic carboxylic acids is 1. The Hall–Kier alpha value is -3.42. The van der Waals surface area contributed by atoms with Crippen molar-refractivity contribution in [2.75, 3.05) is 0 Å². The molecule has 0 spiro atoms. The number of amides is 1. The van der Waals surface area contributed by atoms with Crippen LogP contribution in [0.5, 0.6) is 0 Å². The first-order chi connectivity index (χ1) is 12.1. The maximum Gasteiger partial charge on any atom is 0.408 e. The van der Waals surface area contributed by atoms with Crippen LogP contribution in [0.4, 0.5) is 4.79 Å². The average Bonchev–Trinajstić information content (AvgIpc) is 3.03. The van der Waals surface area contributed by atoms with Gasteiger partial charge in [-0.25, -0.2) is 14.3 Å². The Morgan fingerprint density at radius 3 is 2.60 bits per heavy atom. The van der Waals surface area contributed by atoms with Crippen LogP contribution in [-0.2, 0) is 22.7 Å². The highest BCUT2D eigenvalue weighted by molar-refractivity contribution is 5.80. The first kappa shape index (κ1) is 16.4. The normalized spacial score (nSPS) is 11.8. The van der Waals surface area contributed by atoms with Gasteiger partial charge < -0.3 is 15.2 Å². The van der Waals surface area contributed by atoms with Gasteiger partial charge in [-0.15, -0.1) is 5.10 Å². The first-order valence-electron chi connectivity index (χ1n) is 7.62. The molecule has 2 aromatic carbocycles. The van der Waals surface area contributed by atoms with Gasteiger partial charge in [0.15, 0.2) is 0 Å². The first-order valence-corrected chi connectivity index (χ1v) is 7.62. The van der Waals surface area contributed by atoms with Gasteiger partial charge in [-0.2, -0.15) is 0 Å². The SMILES string of the molecule is O=C(N[C@@H](Cn1nnc2ccccc21)C(=O)O)OCc1ccccc1. The lowest BCUT2D eigenvalue weighted by Crippen LogP contribution is -2.44. The summed E-state index contributed by atoms with van der Waals surface area (Å²) in [4.78, 5) is 23.3. The van der Waals surface area contributed by atoms with E-state index in [4.69, 9.17) is 4.74 Å². The van der Waals surface area contributed by atoms with Crippen molar-refractivity contribution in [2.45, 2.75) is 19.2 Å². The standard InChI is InChI=1S/C17H16N4O4/c22-16(23)14(10-21-15-9-5-4-8-13(15)19-20-21)18-17(24)25-11-12-6-2-1-3-7-12/h1-9,14H,10-11H2,(H,18,24)(H,22,23)/t14-/m0/s1. The fourth-order valence-electron chi connectivity index (χ4n) is 2.32. The predicted molar refractivity (Wildman–Crippen MR) is 88.7 cm³/mol. The van der Waals surface area contributed by atoms with Gasteiger partial charge >= 0.3 is 12.1 Å². The largest absolute Gasteiger partial charge is 0.480 e. The van der Waals surface area contributed by atoms with E-state index in [0.29, 0.717) is 11.0 Å². The van der Waals surface area contributed by atoms with Crippen LogP contribution >= 0.6 is 0 Å². The molecule has 1 amide bonds. The molecule has 1 heterocycles. The van der Waals surface area contributed by atoms with Gasteiger partial charge in [-0.3, -0.25) is 0 Å². The van der Waals surface area contributed by atoms with Crippen molar-refractivity contribution in [3.8, 4) is 0 Å². The van der Waals surface area contributed by atoms with E-state index in [1.807, 2.05) is 36.4 Å². The fourth-order valence-corrected chi connectivity index (χ4v) is 2.32. The molecule has 3 rings (SSSR count).